The van der Waals surface area contributed by atoms with Crippen molar-refractivity contribution in [2.75, 3.05) is 6.61 Å². The third-order valence-electron chi connectivity index (χ3n) is 3.63. The topological polar surface area (TPSA) is 44.1 Å². The quantitative estimate of drug-likeness (QED) is 0.814. The minimum atomic E-state index is -0.310. The van der Waals surface area contributed by atoms with Crippen molar-refractivity contribution in [1.82, 2.24) is 9.55 Å². The Labute approximate surface area is 128 Å². The number of benzene rings is 1. The second-order valence-electron chi connectivity index (χ2n) is 5.54. The number of aromatic nitrogens is 2. The van der Waals surface area contributed by atoms with Gasteiger partial charge in [0.15, 0.2) is 5.16 Å². The fourth-order valence-corrected chi connectivity index (χ4v) is 4.04. The van der Waals surface area contributed by atoms with Crippen molar-refractivity contribution in [1.29, 1.82) is 0 Å². The number of ether oxygens (including phenoxy) is 1. The summed E-state index contributed by atoms with van der Waals surface area (Å²) in [7, 11) is 0. The molecule has 1 atom stereocenters. The maximum absolute atomic E-state index is 12.2. The van der Waals surface area contributed by atoms with E-state index in [-0.39, 0.29) is 16.8 Å². The Morgan fingerprint density at radius 2 is 2.10 bits per heavy atom. The molecule has 0 N–H and O–H groups in total. The molecule has 1 aromatic heterocycles. The number of rotatable bonds is 3. The van der Waals surface area contributed by atoms with Gasteiger partial charge in [0, 0.05) is 4.75 Å². The fraction of sp³-hybridized carbons (Fsp3) is 0.375. The number of hydrogen-bond acceptors (Lipinski definition) is 4. The molecule has 0 saturated carbocycles. The summed E-state index contributed by atoms with van der Waals surface area (Å²) in [5.41, 5.74) is 1.70. The maximum Gasteiger partial charge on any atom is 0.356 e. The molecule has 0 aliphatic carbocycles. The molecule has 1 aromatic carbocycles. The lowest BCUT2D eigenvalue weighted by Crippen LogP contribution is -2.27. The molecule has 0 bridgehead atoms. The molecule has 5 heteroatoms. The zero-order chi connectivity index (χ0) is 15.0. The lowest BCUT2D eigenvalue weighted by atomic mass is 9.95. The average molecular weight is 302 g/mol. The first kappa shape index (κ1) is 14.2. The van der Waals surface area contributed by atoms with Crippen molar-refractivity contribution >= 4 is 17.7 Å². The summed E-state index contributed by atoms with van der Waals surface area (Å²) in [6.07, 6.45) is 1.62. The molecule has 0 fully saturated rings. The number of imidazole rings is 1. The van der Waals surface area contributed by atoms with Crippen molar-refractivity contribution in [3.8, 4) is 0 Å². The van der Waals surface area contributed by atoms with E-state index in [9.17, 15) is 4.79 Å². The predicted octanol–water partition coefficient (Wildman–Crippen LogP) is 3.53. The minimum absolute atomic E-state index is 0.0633. The second kappa shape index (κ2) is 5.22. The highest BCUT2D eigenvalue weighted by Crippen LogP contribution is 2.51. The summed E-state index contributed by atoms with van der Waals surface area (Å²) in [6, 6.07) is 10.3. The molecule has 0 amide bonds. The highest BCUT2D eigenvalue weighted by Gasteiger charge is 2.44. The molecule has 1 unspecified atom stereocenters. The van der Waals surface area contributed by atoms with Crippen molar-refractivity contribution in [3.05, 3.63) is 47.8 Å². The Kier molecular flexibility index (Phi) is 3.53. The lowest BCUT2D eigenvalue weighted by molar-refractivity contribution is 0.0511. The Hall–Kier alpha value is -1.75. The van der Waals surface area contributed by atoms with Crippen LogP contribution in [0, 0.1) is 0 Å². The largest absolute Gasteiger partial charge is 0.461 e. The van der Waals surface area contributed by atoms with Crippen molar-refractivity contribution in [3.63, 3.8) is 0 Å². The summed E-state index contributed by atoms with van der Waals surface area (Å²) in [5, 5.41) is 0.872. The van der Waals surface area contributed by atoms with Crippen LogP contribution < -0.4 is 0 Å². The molecule has 0 spiro atoms. The van der Waals surface area contributed by atoms with Gasteiger partial charge in [-0.05, 0) is 26.3 Å². The summed E-state index contributed by atoms with van der Waals surface area (Å²) >= 11 is 1.70. The third-order valence-corrected chi connectivity index (χ3v) is 4.87. The number of thioether (sulfide) groups is 1. The van der Waals surface area contributed by atoms with E-state index < -0.39 is 0 Å². The molecule has 2 heterocycles. The monoisotopic (exact) mass is 302 g/mol. The Bertz CT molecular complexity index is 664. The molecule has 0 radical (unpaired) electrons. The maximum atomic E-state index is 12.2. The number of fused-ring (bicyclic) bond motifs is 1. The molecule has 21 heavy (non-hydrogen) atoms. The van der Waals surface area contributed by atoms with Crippen LogP contribution in [0.25, 0.3) is 0 Å². The van der Waals surface area contributed by atoms with Gasteiger partial charge < -0.3 is 9.30 Å². The van der Waals surface area contributed by atoms with Gasteiger partial charge in [0.1, 0.15) is 5.69 Å². The summed E-state index contributed by atoms with van der Waals surface area (Å²) in [4.78, 5) is 16.6. The zero-order valence-corrected chi connectivity index (χ0v) is 13.2. The zero-order valence-electron chi connectivity index (χ0n) is 12.4. The molecular weight excluding hydrogens is 284 g/mol. The highest BCUT2D eigenvalue weighted by molar-refractivity contribution is 8.00. The summed E-state index contributed by atoms with van der Waals surface area (Å²) in [6.45, 7) is 6.54. The first-order chi connectivity index (χ1) is 10.0. The van der Waals surface area contributed by atoms with Crippen LogP contribution in [-0.2, 0) is 4.74 Å². The molecule has 110 valence electrons. The molecule has 1 aliphatic rings. The average Bonchev–Trinajstić information content (AvgIpc) is 2.94. The highest BCUT2D eigenvalue weighted by atomic mass is 32.2. The van der Waals surface area contributed by atoms with E-state index in [2.05, 4.69) is 31.0 Å². The predicted molar refractivity (Wildman–Crippen MR) is 82.7 cm³/mol. The molecule has 4 nitrogen and oxygen atoms in total. The van der Waals surface area contributed by atoms with Gasteiger partial charge in [-0.3, -0.25) is 0 Å². The van der Waals surface area contributed by atoms with E-state index in [1.54, 1.807) is 18.0 Å². The second-order valence-corrected chi connectivity index (χ2v) is 7.16. The van der Waals surface area contributed by atoms with Gasteiger partial charge in [0.05, 0.1) is 18.8 Å². The van der Waals surface area contributed by atoms with Crippen LogP contribution >= 0.6 is 11.8 Å². The van der Waals surface area contributed by atoms with Gasteiger partial charge in [0.25, 0.3) is 0 Å². The number of carbonyl (C=O) groups is 1. The van der Waals surface area contributed by atoms with Crippen LogP contribution in [0.15, 0.2) is 41.7 Å². The van der Waals surface area contributed by atoms with Gasteiger partial charge >= 0.3 is 5.97 Å². The van der Waals surface area contributed by atoms with Crippen molar-refractivity contribution < 1.29 is 9.53 Å². The molecular formula is C16H18N2O2S. The minimum Gasteiger partial charge on any atom is -0.461 e. The summed E-state index contributed by atoms with van der Waals surface area (Å²) in [5.74, 6) is -0.310. The molecule has 2 aromatic rings. The van der Waals surface area contributed by atoms with Gasteiger partial charge in [-0.15, -0.1) is 0 Å². The third kappa shape index (κ3) is 2.35. The van der Waals surface area contributed by atoms with Gasteiger partial charge in [-0.2, -0.15) is 0 Å². The molecule has 0 saturated heterocycles. The Morgan fingerprint density at radius 1 is 1.38 bits per heavy atom. The van der Waals surface area contributed by atoms with Gasteiger partial charge in [0.2, 0.25) is 0 Å². The van der Waals surface area contributed by atoms with Crippen molar-refractivity contribution in [2.24, 2.45) is 0 Å². The number of carbonyl (C=O) groups excluding carboxylic acids is 1. The number of esters is 1. The SMILES string of the molecule is CCOC(=O)c1cnc2n1C(c1ccccc1)C(C)(C)S2. The van der Waals surface area contributed by atoms with E-state index in [1.807, 2.05) is 29.7 Å². The van der Waals surface area contributed by atoms with Crippen molar-refractivity contribution in [2.45, 2.75) is 36.7 Å². The van der Waals surface area contributed by atoms with Crippen LogP contribution in [0.1, 0.15) is 42.9 Å². The van der Waals surface area contributed by atoms with E-state index in [1.165, 1.54) is 5.56 Å². The van der Waals surface area contributed by atoms with Gasteiger partial charge in [-0.1, -0.05) is 42.1 Å². The standard InChI is InChI=1S/C16H18N2O2S/c1-4-20-14(19)12-10-17-15-18(12)13(16(2,3)21-15)11-8-6-5-7-9-11/h5-10,13H,4H2,1-3H3. The van der Waals surface area contributed by atoms with Crippen LogP contribution in [0.2, 0.25) is 0 Å². The first-order valence-corrected chi connectivity index (χ1v) is 7.84. The fourth-order valence-electron chi connectivity index (χ4n) is 2.81. The number of hydrogen-bond donors (Lipinski definition) is 0. The van der Waals surface area contributed by atoms with E-state index in [0.717, 1.165) is 5.16 Å². The van der Waals surface area contributed by atoms with Crippen LogP contribution in [0.4, 0.5) is 0 Å². The Balaban J connectivity index is 2.10. The van der Waals surface area contributed by atoms with E-state index in [0.29, 0.717) is 12.3 Å². The molecule has 1 aliphatic heterocycles. The smallest absolute Gasteiger partial charge is 0.356 e. The summed E-state index contributed by atoms with van der Waals surface area (Å²) < 4.78 is 7.10. The van der Waals surface area contributed by atoms with Crippen LogP contribution in [-0.4, -0.2) is 26.9 Å². The van der Waals surface area contributed by atoms with Crippen LogP contribution in [0.5, 0.6) is 0 Å². The van der Waals surface area contributed by atoms with Gasteiger partial charge in [-0.25, -0.2) is 9.78 Å². The Morgan fingerprint density at radius 3 is 2.76 bits per heavy atom. The lowest BCUT2D eigenvalue weighted by Gasteiger charge is -2.28. The number of nitrogens with zero attached hydrogens (tertiary/aromatic N) is 2. The van der Waals surface area contributed by atoms with E-state index in [4.69, 9.17) is 4.74 Å². The van der Waals surface area contributed by atoms with E-state index >= 15 is 0 Å². The normalized spacial score (nSPS) is 19.3. The van der Waals surface area contributed by atoms with Crippen LogP contribution in [0.3, 0.4) is 0 Å². The first-order valence-electron chi connectivity index (χ1n) is 7.03. The molecule has 3 rings (SSSR count).